The number of aromatic nitrogens is 2. The lowest BCUT2D eigenvalue weighted by molar-refractivity contribution is 0.109. The summed E-state index contributed by atoms with van der Waals surface area (Å²) in [5.74, 6) is 1.72. The Morgan fingerprint density at radius 2 is 2.00 bits per heavy atom. The number of aliphatic hydroxyl groups excluding tert-OH is 1. The third kappa shape index (κ3) is 2.43. The van der Waals surface area contributed by atoms with Gasteiger partial charge in [-0.1, -0.05) is 13.8 Å². The fourth-order valence-electron chi connectivity index (χ4n) is 3.48. The minimum absolute atomic E-state index is 0.0836. The topological polar surface area (TPSA) is 50.1 Å². The number of fused-ring (bicyclic) bond motifs is 1. The first-order valence-corrected chi connectivity index (χ1v) is 7.65. The molecule has 4 nitrogen and oxygen atoms in total. The van der Waals surface area contributed by atoms with Gasteiger partial charge < -0.3 is 15.0 Å². The van der Waals surface area contributed by atoms with Crippen LogP contribution in [0.1, 0.15) is 68.7 Å². The maximum Gasteiger partial charge on any atom is 0.112 e. The highest BCUT2D eigenvalue weighted by Crippen LogP contribution is 2.34. The molecule has 0 atom stereocenters. The molecule has 1 aliphatic carbocycles. The fourth-order valence-corrected chi connectivity index (χ4v) is 3.48. The molecule has 0 bridgehead atoms. The lowest BCUT2D eigenvalue weighted by atomic mass is 9.92. The van der Waals surface area contributed by atoms with E-state index in [2.05, 4.69) is 23.7 Å². The highest BCUT2D eigenvalue weighted by atomic mass is 16.3. The largest absolute Gasteiger partial charge is 0.393 e. The molecule has 1 aromatic heterocycles. The molecule has 19 heavy (non-hydrogen) atoms. The summed E-state index contributed by atoms with van der Waals surface area (Å²) < 4.78 is 2.52. The Labute approximate surface area is 115 Å². The van der Waals surface area contributed by atoms with Crippen LogP contribution < -0.4 is 5.32 Å². The van der Waals surface area contributed by atoms with Gasteiger partial charge in [-0.15, -0.1) is 0 Å². The molecule has 0 saturated heterocycles. The van der Waals surface area contributed by atoms with Gasteiger partial charge in [0.15, 0.2) is 0 Å². The van der Waals surface area contributed by atoms with Crippen LogP contribution in [0.25, 0.3) is 0 Å². The summed E-state index contributed by atoms with van der Waals surface area (Å²) in [5, 5.41) is 13.1. The van der Waals surface area contributed by atoms with E-state index >= 15 is 0 Å². The maximum absolute atomic E-state index is 9.71. The summed E-state index contributed by atoms with van der Waals surface area (Å²) in [5.41, 5.74) is 2.70. The van der Waals surface area contributed by atoms with Crippen molar-refractivity contribution in [2.45, 2.75) is 70.6 Å². The van der Waals surface area contributed by atoms with Gasteiger partial charge in [-0.25, -0.2) is 4.98 Å². The minimum Gasteiger partial charge on any atom is -0.393 e. The van der Waals surface area contributed by atoms with Crippen molar-refractivity contribution in [3.63, 3.8) is 0 Å². The van der Waals surface area contributed by atoms with Crippen LogP contribution in [-0.2, 0) is 13.0 Å². The van der Waals surface area contributed by atoms with Crippen molar-refractivity contribution in [1.82, 2.24) is 14.9 Å². The Balaban J connectivity index is 1.96. The van der Waals surface area contributed by atoms with Crippen LogP contribution in [0, 0.1) is 0 Å². The molecule has 0 aromatic carbocycles. The quantitative estimate of drug-likeness (QED) is 0.859. The second-order valence-electron chi connectivity index (χ2n) is 6.28. The summed E-state index contributed by atoms with van der Waals surface area (Å²) >= 11 is 0. The Bertz CT molecular complexity index is 444. The van der Waals surface area contributed by atoms with Crippen molar-refractivity contribution in [3.05, 3.63) is 17.2 Å². The standard InChI is InChI=1S/C15H25N3O/c1-10(2)15-17-13-9-16-8-7-14(13)18(15)11-3-5-12(19)6-4-11/h10-12,16,19H,3-9H2,1-2H3. The van der Waals surface area contributed by atoms with Crippen molar-refractivity contribution < 1.29 is 5.11 Å². The van der Waals surface area contributed by atoms with Crippen molar-refractivity contribution in [2.75, 3.05) is 6.54 Å². The lowest BCUT2D eigenvalue weighted by Gasteiger charge is -2.30. The molecule has 0 unspecified atom stereocenters. The zero-order chi connectivity index (χ0) is 13.4. The highest BCUT2D eigenvalue weighted by molar-refractivity contribution is 5.23. The molecule has 0 radical (unpaired) electrons. The predicted molar refractivity (Wildman–Crippen MR) is 75.2 cm³/mol. The average molecular weight is 263 g/mol. The first kappa shape index (κ1) is 13.1. The number of rotatable bonds is 2. The van der Waals surface area contributed by atoms with Gasteiger partial charge in [-0.3, -0.25) is 0 Å². The Morgan fingerprint density at radius 3 is 2.68 bits per heavy atom. The first-order chi connectivity index (χ1) is 9.16. The van der Waals surface area contributed by atoms with E-state index in [-0.39, 0.29) is 6.10 Å². The van der Waals surface area contributed by atoms with Crippen LogP contribution in [0.4, 0.5) is 0 Å². The molecular weight excluding hydrogens is 238 g/mol. The van der Waals surface area contributed by atoms with E-state index in [0.717, 1.165) is 45.2 Å². The van der Waals surface area contributed by atoms with Gasteiger partial charge in [0.25, 0.3) is 0 Å². The van der Waals surface area contributed by atoms with Gasteiger partial charge in [0, 0.05) is 37.2 Å². The van der Waals surface area contributed by atoms with Crippen LogP contribution in [-0.4, -0.2) is 27.3 Å². The molecule has 4 heteroatoms. The van der Waals surface area contributed by atoms with E-state index in [1.54, 1.807) is 0 Å². The van der Waals surface area contributed by atoms with E-state index in [1.165, 1.54) is 17.2 Å². The third-order valence-corrected chi connectivity index (χ3v) is 4.50. The zero-order valence-electron chi connectivity index (χ0n) is 12.0. The molecule has 3 rings (SSSR count). The Morgan fingerprint density at radius 1 is 1.26 bits per heavy atom. The molecule has 0 spiro atoms. The second kappa shape index (κ2) is 5.25. The summed E-state index contributed by atoms with van der Waals surface area (Å²) in [4.78, 5) is 4.88. The van der Waals surface area contributed by atoms with E-state index in [0.29, 0.717) is 12.0 Å². The monoisotopic (exact) mass is 263 g/mol. The molecule has 2 heterocycles. The van der Waals surface area contributed by atoms with Crippen molar-refractivity contribution >= 4 is 0 Å². The number of nitrogens with one attached hydrogen (secondary N) is 1. The van der Waals surface area contributed by atoms with Gasteiger partial charge in [0.1, 0.15) is 5.82 Å². The molecule has 1 saturated carbocycles. The van der Waals surface area contributed by atoms with Crippen LogP contribution in [0.5, 0.6) is 0 Å². The van der Waals surface area contributed by atoms with Crippen LogP contribution >= 0.6 is 0 Å². The summed E-state index contributed by atoms with van der Waals surface area (Å²) in [6.07, 6.45) is 5.07. The molecule has 1 aliphatic heterocycles. The van der Waals surface area contributed by atoms with E-state index in [4.69, 9.17) is 4.98 Å². The SMILES string of the molecule is CC(C)c1nc2c(n1C1CCC(O)CC1)CCNC2. The molecule has 1 aromatic rings. The molecule has 0 amide bonds. The van der Waals surface area contributed by atoms with Gasteiger partial charge >= 0.3 is 0 Å². The first-order valence-electron chi connectivity index (χ1n) is 7.65. The number of imidazole rings is 1. The number of hydrogen-bond donors (Lipinski definition) is 2. The van der Waals surface area contributed by atoms with Crippen molar-refractivity contribution in [2.24, 2.45) is 0 Å². The van der Waals surface area contributed by atoms with Gasteiger partial charge in [0.2, 0.25) is 0 Å². The predicted octanol–water partition coefficient (Wildman–Crippen LogP) is 2.13. The molecule has 2 aliphatic rings. The van der Waals surface area contributed by atoms with Crippen LogP contribution in [0.2, 0.25) is 0 Å². The second-order valence-corrected chi connectivity index (χ2v) is 6.28. The van der Waals surface area contributed by atoms with E-state index < -0.39 is 0 Å². The minimum atomic E-state index is -0.0836. The zero-order valence-corrected chi connectivity index (χ0v) is 12.0. The Kier molecular flexibility index (Phi) is 3.63. The number of hydrogen-bond acceptors (Lipinski definition) is 3. The maximum atomic E-state index is 9.71. The van der Waals surface area contributed by atoms with Crippen LogP contribution in [0.15, 0.2) is 0 Å². The normalized spacial score (nSPS) is 27.6. The lowest BCUT2D eigenvalue weighted by Crippen LogP contribution is -2.28. The highest BCUT2D eigenvalue weighted by Gasteiger charge is 2.28. The average Bonchev–Trinajstić information content (AvgIpc) is 2.79. The van der Waals surface area contributed by atoms with Gasteiger partial charge in [-0.05, 0) is 25.7 Å². The molecule has 106 valence electrons. The smallest absolute Gasteiger partial charge is 0.112 e. The number of nitrogens with zero attached hydrogens (tertiary/aromatic N) is 2. The van der Waals surface area contributed by atoms with Crippen LogP contribution in [0.3, 0.4) is 0 Å². The summed E-state index contributed by atoms with van der Waals surface area (Å²) in [6.45, 7) is 6.44. The molecule has 2 N–H and O–H groups in total. The van der Waals surface area contributed by atoms with E-state index in [1.807, 2.05) is 0 Å². The third-order valence-electron chi connectivity index (χ3n) is 4.50. The number of aliphatic hydroxyl groups is 1. The molecular formula is C15H25N3O. The molecule has 1 fully saturated rings. The van der Waals surface area contributed by atoms with Gasteiger partial charge in [-0.2, -0.15) is 0 Å². The summed E-state index contributed by atoms with van der Waals surface area (Å²) in [7, 11) is 0. The van der Waals surface area contributed by atoms with Crippen molar-refractivity contribution in [3.8, 4) is 0 Å². The fraction of sp³-hybridized carbons (Fsp3) is 0.800. The van der Waals surface area contributed by atoms with Crippen molar-refractivity contribution in [1.29, 1.82) is 0 Å². The Hall–Kier alpha value is -0.870. The van der Waals surface area contributed by atoms with Gasteiger partial charge in [0.05, 0.1) is 11.8 Å². The van der Waals surface area contributed by atoms with E-state index in [9.17, 15) is 5.11 Å². The summed E-state index contributed by atoms with van der Waals surface area (Å²) in [6, 6.07) is 0.551.